The fraction of sp³-hybridized carbons (Fsp3) is 0.632. The number of amides is 1. The second kappa shape index (κ2) is 9.69. The Hall–Kier alpha value is -1.68. The molecule has 1 aliphatic rings. The maximum absolute atomic E-state index is 12.8. The molecule has 0 saturated carbocycles. The van der Waals surface area contributed by atoms with Crippen LogP contribution in [0.15, 0.2) is 23.1 Å². The molecule has 1 heterocycles. The first-order chi connectivity index (χ1) is 13.2. The summed E-state index contributed by atoms with van der Waals surface area (Å²) in [6, 6.07) is 4.51. The normalized spacial score (nSPS) is 20.9. The third-order valence-corrected chi connectivity index (χ3v) is 6.70. The molecule has 0 bridgehead atoms. The zero-order chi connectivity index (χ0) is 20.9. The Morgan fingerprint density at radius 2 is 1.86 bits per heavy atom. The van der Waals surface area contributed by atoms with Crippen molar-refractivity contribution in [2.45, 2.75) is 44.8 Å². The van der Waals surface area contributed by atoms with Gasteiger partial charge in [-0.05, 0) is 32.0 Å². The maximum Gasteiger partial charge on any atom is 0.243 e. The molecule has 1 aromatic rings. The molecule has 28 heavy (non-hydrogen) atoms. The highest BCUT2D eigenvalue weighted by molar-refractivity contribution is 7.89. The van der Waals surface area contributed by atoms with Gasteiger partial charge in [0.25, 0.3) is 0 Å². The average Bonchev–Trinajstić information content (AvgIpc) is 2.61. The highest BCUT2D eigenvalue weighted by atomic mass is 32.2. The van der Waals surface area contributed by atoms with E-state index in [1.54, 1.807) is 19.9 Å². The van der Waals surface area contributed by atoms with E-state index in [2.05, 4.69) is 5.32 Å². The Labute approximate surface area is 167 Å². The van der Waals surface area contributed by atoms with Crippen LogP contribution in [0, 0.1) is 0 Å². The van der Waals surface area contributed by atoms with Gasteiger partial charge in [0.15, 0.2) is 0 Å². The van der Waals surface area contributed by atoms with Crippen molar-refractivity contribution in [3.63, 3.8) is 0 Å². The van der Waals surface area contributed by atoms with Gasteiger partial charge in [0.1, 0.15) is 5.75 Å². The van der Waals surface area contributed by atoms with Crippen LogP contribution in [0.5, 0.6) is 5.75 Å². The van der Waals surface area contributed by atoms with Crippen molar-refractivity contribution in [1.29, 1.82) is 0 Å². The predicted octanol–water partition coefficient (Wildman–Crippen LogP) is 1.77. The fourth-order valence-electron chi connectivity index (χ4n) is 3.46. The molecule has 0 unspecified atom stereocenters. The van der Waals surface area contributed by atoms with Crippen LogP contribution in [0.1, 0.15) is 27.7 Å². The first-order valence-electron chi connectivity index (χ1n) is 9.57. The summed E-state index contributed by atoms with van der Waals surface area (Å²) in [7, 11) is -2.15. The molecule has 0 radical (unpaired) electrons. The molecule has 8 nitrogen and oxygen atoms in total. The van der Waals surface area contributed by atoms with E-state index >= 15 is 0 Å². The molecule has 1 fully saturated rings. The summed E-state index contributed by atoms with van der Waals surface area (Å²) in [5.41, 5.74) is 0.343. The van der Waals surface area contributed by atoms with Crippen LogP contribution in [-0.4, -0.2) is 75.6 Å². The SMILES string of the molecule is CCN(CC)S(=O)(=O)c1ccc(OC)c(NC(=O)CN2C[C@@H](C)O[C@H](C)C2)c1. The van der Waals surface area contributed by atoms with Gasteiger partial charge in [-0.15, -0.1) is 0 Å². The van der Waals surface area contributed by atoms with Crippen LogP contribution in [-0.2, 0) is 19.6 Å². The Morgan fingerprint density at radius 3 is 2.39 bits per heavy atom. The van der Waals surface area contributed by atoms with E-state index in [9.17, 15) is 13.2 Å². The summed E-state index contributed by atoms with van der Waals surface area (Å²) in [4.78, 5) is 14.7. The molecule has 158 valence electrons. The Balaban J connectivity index is 2.19. The van der Waals surface area contributed by atoms with E-state index in [-0.39, 0.29) is 29.6 Å². The molecule has 0 aromatic heterocycles. The van der Waals surface area contributed by atoms with Crippen LogP contribution in [0.2, 0.25) is 0 Å². The number of carbonyl (C=O) groups is 1. The van der Waals surface area contributed by atoms with Gasteiger partial charge in [-0.3, -0.25) is 9.69 Å². The number of rotatable bonds is 8. The smallest absolute Gasteiger partial charge is 0.243 e. The molecule has 0 aliphatic carbocycles. The Kier molecular flexibility index (Phi) is 7.82. The number of anilines is 1. The lowest BCUT2D eigenvalue weighted by atomic mass is 10.2. The van der Waals surface area contributed by atoms with Crippen molar-refractivity contribution in [1.82, 2.24) is 9.21 Å². The minimum absolute atomic E-state index is 0.0635. The largest absolute Gasteiger partial charge is 0.495 e. The summed E-state index contributed by atoms with van der Waals surface area (Å²) in [5, 5.41) is 2.80. The molecular formula is C19H31N3O5S. The number of hydrogen-bond acceptors (Lipinski definition) is 6. The van der Waals surface area contributed by atoms with Crippen molar-refractivity contribution in [3.05, 3.63) is 18.2 Å². The number of ether oxygens (including phenoxy) is 2. The van der Waals surface area contributed by atoms with Gasteiger partial charge in [0, 0.05) is 26.2 Å². The van der Waals surface area contributed by atoms with Crippen LogP contribution in [0.25, 0.3) is 0 Å². The molecule has 2 rings (SSSR count). The Morgan fingerprint density at radius 1 is 1.25 bits per heavy atom. The number of benzene rings is 1. The van der Waals surface area contributed by atoms with Crippen molar-refractivity contribution in [3.8, 4) is 5.75 Å². The topological polar surface area (TPSA) is 88.2 Å². The van der Waals surface area contributed by atoms with Gasteiger partial charge in [-0.1, -0.05) is 13.8 Å². The standard InChI is InChI=1S/C19H31N3O5S/c1-6-22(7-2)28(24,25)16-8-9-18(26-5)17(10-16)20-19(23)13-21-11-14(3)27-15(4)12-21/h8-10,14-15H,6-7,11-13H2,1-5H3,(H,20,23)/t14-,15-/m1/s1. The summed E-state index contributed by atoms with van der Waals surface area (Å²) >= 11 is 0. The molecule has 1 amide bonds. The monoisotopic (exact) mass is 413 g/mol. The minimum Gasteiger partial charge on any atom is -0.495 e. The van der Waals surface area contributed by atoms with Crippen molar-refractivity contribution in [2.24, 2.45) is 0 Å². The van der Waals surface area contributed by atoms with Crippen LogP contribution in [0.4, 0.5) is 5.69 Å². The van der Waals surface area contributed by atoms with E-state index in [0.717, 1.165) is 0 Å². The van der Waals surface area contributed by atoms with Crippen molar-refractivity contribution in [2.75, 3.05) is 45.2 Å². The summed E-state index contributed by atoms with van der Waals surface area (Å²) in [6.45, 7) is 9.83. The Bertz CT molecular complexity index is 770. The molecule has 1 saturated heterocycles. The zero-order valence-electron chi connectivity index (χ0n) is 17.3. The quantitative estimate of drug-likeness (QED) is 0.699. The highest BCUT2D eigenvalue weighted by Gasteiger charge is 2.25. The van der Waals surface area contributed by atoms with Gasteiger partial charge in [0.05, 0.1) is 36.4 Å². The second-order valence-corrected chi connectivity index (χ2v) is 8.89. The average molecular weight is 414 g/mol. The number of methoxy groups -OCH3 is 1. The van der Waals surface area contributed by atoms with E-state index in [1.807, 2.05) is 18.7 Å². The van der Waals surface area contributed by atoms with Crippen LogP contribution in [0.3, 0.4) is 0 Å². The third kappa shape index (κ3) is 5.44. The molecule has 1 N–H and O–H groups in total. The van der Waals surface area contributed by atoms with Crippen LogP contribution >= 0.6 is 0 Å². The fourth-order valence-corrected chi connectivity index (χ4v) is 4.95. The molecule has 2 atom stereocenters. The molecule has 9 heteroatoms. The summed E-state index contributed by atoms with van der Waals surface area (Å²) in [5.74, 6) is 0.188. The lowest BCUT2D eigenvalue weighted by Crippen LogP contribution is -2.48. The van der Waals surface area contributed by atoms with Crippen molar-refractivity contribution < 1.29 is 22.7 Å². The van der Waals surface area contributed by atoms with E-state index in [1.165, 1.54) is 23.5 Å². The summed E-state index contributed by atoms with van der Waals surface area (Å²) in [6.07, 6.45) is 0.127. The van der Waals surface area contributed by atoms with E-state index < -0.39 is 10.0 Å². The maximum atomic E-state index is 12.8. The zero-order valence-corrected chi connectivity index (χ0v) is 18.1. The summed E-state index contributed by atoms with van der Waals surface area (Å²) < 4.78 is 37.9. The molecule has 1 aliphatic heterocycles. The number of carbonyl (C=O) groups excluding carboxylic acids is 1. The van der Waals surface area contributed by atoms with Gasteiger partial charge >= 0.3 is 0 Å². The number of morpholine rings is 1. The number of hydrogen-bond donors (Lipinski definition) is 1. The number of nitrogens with zero attached hydrogens (tertiary/aromatic N) is 2. The minimum atomic E-state index is -3.63. The molecule has 1 aromatic carbocycles. The van der Waals surface area contributed by atoms with Gasteiger partial charge in [0.2, 0.25) is 15.9 Å². The second-order valence-electron chi connectivity index (χ2n) is 6.95. The third-order valence-electron chi connectivity index (χ3n) is 4.65. The highest BCUT2D eigenvalue weighted by Crippen LogP contribution is 2.29. The van der Waals surface area contributed by atoms with Gasteiger partial charge in [-0.25, -0.2) is 8.42 Å². The lowest BCUT2D eigenvalue weighted by Gasteiger charge is -2.34. The molecular weight excluding hydrogens is 382 g/mol. The predicted molar refractivity (Wildman–Crippen MR) is 108 cm³/mol. The number of sulfonamides is 1. The van der Waals surface area contributed by atoms with Crippen molar-refractivity contribution >= 4 is 21.6 Å². The van der Waals surface area contributed by atoms with Crippen LogP contribution < -0.4 is 10.1 Å². The first-order valence-corrected chi connectivity index (χ1v) is 11.0. The molecule has 0 spiro atoms. The van der Waals surface area contributed by atoms with Gasteiger partial charge < -0.3 is 14.8 Å². The first kappa shape index (κ1) is 22.6. The lowest BCUT2D eigenvalue weighted by molar-refractivity contribution is -0.121. The van der Waals surface area contributed by atoms with E-state index in [4.69, 9.17) is 9.47 Å². The number of nitrogens with one attached hydrogen (secondary N) is 1. The van der Waals surface area contributed by atoms with Gasteiger partial charge in [-0.2, -0.15) is 4.31 Å². The van der Waals surface area contributed by atoms with E-state index in [0.29, 0.717) is 37.6 Å².